The maximum atomic E-state index is 13.2. The van der Waals surface area contributed by atoms with Crippen molar-refractivity contribution < 1.29 is 27.6 Å². The van der Waals surface area contributed by atoms with Crippen LogP contribution in [0.15, 0.2) is 46.8 Å². The Kier molecular flexibility index (Phi) is 6.31. The fourth-order valence-electron chi connectivity index (χ4n) is 4.29. The molecule has 0 bridgehead atoms. The van der Waals surface area contributed by atoms with Crippen LogP contribution in [0, 0.1) is 10.1 Å². The Bertz CT molecular complexity index is 1520. The monoisotopic (exact) mass is 532 g/mol. The number of non-ortho nitro benzene ring substituents is 1. The highest BCUT2D eigenvalue weighted by Crippen LogP contribution is 2.38. The standard InChI is InChI=1S/C24H19F3N4O5S/c25-24(26,27)14-10-16-21(18(11-14)31(34)35)37-23(29-22(16)33)30-8-6-13(7-9-30)12-36-19-3-1-2-17-15(19)4-5-20(32)28-17/h1-3,6,10-11H,4-5,7-9,12H2,(H,28,32). The Hall–Kier alpha value is -4.00. The third kappa shape index (κ3) is 4.99. The van der Waals surface area contributed by atoms with E-state index in [9.17, 15) is 32.9 Å². The Labute approximate surface area is 211 Å². The summed E-state index contributed by atoms with van der Waals surface area (Å²) in [6, 6.07) is 6.53. The number of carbonyl (C=O) groups is 1. The van der Waals surface area contributed by atoms with Gasteiger partial charge in [0.05, 0.1) is 15.9 Å². The lowest BCUT2D eigenvalue weighted by Gasteiger charge is -2.27. The van der Waals surface area contributed by atoms with Crippen LogP contribution in [0.1, 0.15) is 24.0 Å². The molecule has 0 saturated heterocycles. The molecule has 3 heterocycles. The van der Waals surface area contributed by atoms with Gasteiger partial charge in [0.1, 0.15) is 17.1 Å². The molecule has 9 nitrogen and oxygen atoms in total. The van der Waals surface area contributed by atoms with Gasteiger partial charge >= 0.3 is 6.18 Å². The summed E-state index contributed by atoms with van der Waals surface area (Å²) in [5.41, 5.74) is -0.302. The van der Waals surface area contributed by atoms with Crippen LogP contribution >= 0.6 is 11.3 Å². The van der Waals surface area contributed by atoms with Gasteiger partial charge in [-0.3, -0.25) is 19.7 Å². The molecular weight excluding hydrogens is 513 g/mol. The summed E-state index contributed by atoms with van der Waals surface area (Å²) in [4.78, 5) is 40.4. The Morgan fingerprint density at radius 3 is 2.70 bits per heavy atom. The van der Waals surface area contributed by atoms with Crippen molar-refractivity contribution in [2.75, 3.05) is 29.9 Å². The van der Waals surface area contributed by atoms with Crippen LogP contribution in [-0.2, 0) is 17.4 Å². The number of hydrogen-bond donors (Lipinski definition) is 1. The smallest absolute Gasteiger partial charge is 0.416 e. The molecule has 0 unspecified atom stereocenters. The number of nitro groups is 1. The number of anilines is 2. The number of amides is 1. The number of aromatic nitrogens is 1. The van der Waals surface area contributed by atoms with Crippen LogP contribution in [0.25, 0.3) is 10.1 Å². The molecule has 0 aliphatic carbocycles. The zero-order valence-corrected chi connectivity index (χ0v) is 19.9. The van der Waals surface area contributed by atoms with E-state index in [1.165, 1.54) is 0 Å². The quantitative estimate of drug-likeness (QED) is 0.288. The number of fused-ring (bicyclic) bond motifs is 2. The number of nitro benzene ring substituents is 1. The Balaban J connectivity index is 1.35. The van der Waals surface area contributed by atoms with Crippen LogP contribution in [0.2, 0.25) is 0 Å². The second kappa shape index (κ2) is 9.47. The van der Waals surface area contributed by atoms with Crippen molar-refractivity contribution in [2.45, 2.75) is 25.4 Å². The van der Waals surface area contributed by atoms with Gasteiger partial charge in [0, 0.05) is 36.8 Å². The van der Waals surface area contributed by atoms with Gasteiger partial charge in [0.25, 0.3) is 11.2 Å². The minimum absolute atomic E-state index is 0.0320. The summed E-state index contributed by atoms with van der Waals surface area (Å²) >= 11 is 0.820. The highest BCUT2D eigenvalue weighted by Gasteiger charge is 2.34. The molecule has 0 spiro atoms. The first kappa shape index (κ1) is 24.7. The molecule has 0 fully saturated rings. The van der Waals surface area contributed by atoms with E-state index >= 15 is 0 Å². The molecule has 192 valence electrons. The molecule has 37 heavy (non-hydrogen) atoms. The largest absolute Gasteiger partial charge is 0.489 e. The van der Waals surface area contributed by atoms with Gasteiger partial charge in [0.15, 0.2) is 5.13 Å². The number of rotatable bonds is 5. The van der Waals surface area contributed by atoms with E-state index in [1.54, 1.807) is 11.0 Å². The molecule has 2 aliphatic rings. The average molecular weight is 533 g/mol. The van der Waals surface area contributed by atoms with E-state index in [2.05, 4.69) is 10.3 Å². The van der Waals surface area contributed by atoms with Crippen molar-refractivity contribution in [3.05, 3.63) is 73.6 Å². The maximum absolute atomic E-state index is 13.2. The Morgan fingerprint density at radius 1 is 1.19 bits per heavy atom. The summed E-state index contributed by atoms with van der Waals surface area (Å²) in [5.74, 6) is 0.663. The Morgan fingerprint density at radius 2 is 2.00 bits per heavy atom. The van der Waals surface area contributed by atoms with Gasteiger partial charge in [-0.25, -0.2) is 0 Å². The van der Waals surface area contributed by atoms with Crippen LogP contribution in [0.5, 0.6) is 5.75 Å². The number of halogens is 3. The first-order chi connectivity index (χ1) is 17.6. The van der Waals surface area contributed by atoms with Gasteiger partial charge in [0.2, 0.25) is 5.91 Å². The summed E-state index contributed by atoms with van der Waals surface area (Å²) < 4.78 is 45.4. The molecule has 0 radical (unpaired) electrons. The number of nitrogens with one attached hydrogen (secondary N) is 1. The van der Waals surface area contributed by atoms with Crippen LogP contribution in [0.4, 0.5) is 29.7 Å². The van der Waals surface area contributed by atoms with Gasteiger partial charge in [-0.05, 0) is 36.6 Å². The van der Waals surface area contributed by atoms with Crippen molar-refractivity contribution in [3.8, 4) is 5.75 Å². The SMILES string of the molecule is O=C1CCc2c(cccc2OCC2=CCN(c3nc(=O)c4cc(C(F)(F)F)cc([N+](=O)[O-])c4s3)CC2)N1. The van der Waals surface area contributed by atoms with Crippen molar-refractivity contribution in [2.24, 2.45) is 0 Å². The van der Waals surface area contributed by atoms with E-state index in [0.29, 0.717) is 56.8 Å². The van der Waals surface area contributed by atoms with Crippen LogP contribution in [-0.4, -0.2) is 35.5 Å². The number of carbonyl (C=O) groups excluding carboxylic acids is 1. The van der Waals surface area contributed by atoms with Gasteiger partial charge in [-0.15, -0.1) is 0 Å². The summed E-state index contributed by atoms with van der Waals surface area (Å²) in [6.45, 7) is 1.12. The van der Waals surface area contributed by atoms with Crippen molar-refractivity contribution in [1.82, 2.24) is 4.98 Å². The lowest BCUT2D eigenvalue weighted by molar-refractivity contribution is -0.383. The zero-order valence-electron chi connectivity index (χ0n) is 19.1. The molecule has 2 aromatic carbocycles. The molecule has 0 atom stereocenters. The second-order valence-corrected chi connectivity index (χ2v) is 9.58. The summed E-state index contributed by atoms with van der Waals surface area (Å²) in [6.07, 6.45) is -1.38. The number of ether oxygens (including phenoxy) is 1. The summed E-state index contributed by atoms with van der Waals surface area (Å²) in [5, 5.41) is 14.1. The average Bonchev–Trinajstić information content (AvgIpc) is 2.86. The minimum Gasteiger partial charge on any atom is -0.489 e. The van der Waals surface area contributed by atoms with E-state index in [4.69, 9.17) is 4.74 Å². The second-order valence-electron chi connectivity index (χ2n) is 8.61. The lowest BCUT2D eigenvalue weighted by atomic mass is 10.0. The van der Waals surface area contributed by atoms with E-state index < -0.39 is 33.3 Å². The number of nitrogens with zero attached hydrogens (tertiary/aromatic N) is 3. The third-order valence-electron chi connectivity index (χ3n) is 6.21. The van der Waals surface area contributed by atoms with E-state index in [0.717, 1.165) is 28.2 Å². The third-order valence-corrected chi connectivity index (χ3v) is 7.38. The number of hydrogen-bond acceptors (Lipinski definition) is 8. The molecule has 1 N–H and O–H groups in total. The molecule has 2 aliphatic heterocycles. The molecule has 13 heteroatoms. The maximum Gasteiger partial charge on any atom is 0.416 e. The van der Waals surface area contributed by atoms with Gasteiger partial charge in [-0.1, -0.05) is 23.5 Å². The normalized spacial score (nSPS) is 15.7. The first-order valence-corrected chi connectivity index (χ1v) is 12.1. The fraction of sp³-hybridized carbons (Fsp3) is 0.292. The molecular formula is C24H19F3N4O5S. The van der Waals surface area contributed by atoms with Gasteiger partial charge < -0.3 is 15.0 Å². The van der Waals surface area contributed by atoms with Crippen molar-refractivity contribution >= 4 is 43.8 Å². The lowest BCUT2D eigenvalue weighted by Crippen LogP contribution is -2.31. The van der Waals surface area contributed by atoms with E-state index in [-0.39, 0.29) is 15.7 Å². The van der Waals surface area contributed by atoms with Crippen molar-refractivity contribution in [3.63, 3.8) is 0 Å². The minimum atomic E-state index is -4.84. The molecule has 3 aromatic rings. The zero-order chi connectivity index (χ0) is 26.3. The predicted molar refractivity (Wildman–Crippen MR) is 131 cm³/mol. The molecule has 5 rings (SSSR count). The fourth-order valence-corrected chi connectivity index (χ4v) is 5.39. The first-order valence-electron chi connectivity index (χ1n) is 11.3. The predicted octanol–water partition coefficient (Wildman–Crippen LogP) is 4.68. The number of alkyl halides is 3. The van der Waals surface area contributed by atoms with Crippen LogP contribution in [0.3, 0.4) is 0 Å². The highest BCUT2D eigenvalue weighted by atomic mass is 32.1. The molecule has 1 amide bonds. The molecule has 0 saturated carbocycles. The summed E-state index contributed by atoms with van der Waals surface area (Å²) in [7, 11) is 0. The molecule has 1 aromatic heterocycles. The number of benzene rings is 2. The van der Waals surface area contributed by atoms with Crippen molar-refractivity contribution in [1.29, 1.82) is 0 Å². The van der Waals surface area contributed by atoms with Crippen LogP contribution < -0.4 is 20.5 Å². The van der Waals surface area contributed by atoms with E-state index in [1.807, 2.05) is 18.2 Å². The highest BCUT2D eigenvalue weighted by molar-refractivity contribution is 7.22. The topological polar surface area (TPSA) is 115 Å². The van der Waals surface area contributed by atoms with Gasteiger partial charge in [-0.2, -0.15) is 18.2 Å².